The third-order valence-electron chi connectivity index (χ3n) is 3.06. The van der Waals surface area contributed by atoms with Gasteiger partial charge in [-0.15, -0.1) is 0 Å². The van der Waals surface area contributed by atoms with Crippen LogP contribution in [0.5, 0.6) is 0 Å². The van der Waals surface area contributed by atoms with Crippen LogP contribution in [0.3, 0.4) is 0 Å². The van der Waals surface area contributed by atoms with Crippen molar-refractivity contribution in [3.05, 3.63) is 40.0 Å². The van der Waals surface area contributed by atoms with Crippen LogP contribution < -0.4 is 10.2 Å². The summed E-state index contributed by atoms with van der Waals surface area (Å²) in [5.41, 5.74) is -1.03. The molecule has 140 valence electrons. The van der Waals surface area contributed by atoms with Crippen molar-refractivity contribution in [2.24, 2.45) is 0 Å². The zero-order valence-electron chi connectivity index (χ0n) is 12.8. The number of amides is 1. The first-order chi connectivity index (χ1) is 12.1. The molecule has 1 heterocycles. The van der Waals surface area contributed by atoms with Crippen LogP contribution in [0.15, 0.2) is 24.4 Å². The van der Waals surface area contributed by atoms with Gasteiger partial charge in [-0.1, -0.05) is 23.2 Å². The summed E-state index contributed by atoms with van der Waals surface area (Å²) in [4.78, 5) is 18.7. The van der Waals surface area contributed by atoms with Crippen molar-refractivity contribution >= 4 is 46.7 Å². The number of halogens is 5. The van der Waals surface area contributed by atoms with E-state index in [1.807, 2.05) is 0 Å². The van der Waals surface area contributed by atoms with Crippen LogP contribution in [-0.4, -0.2) is 39.4 Å². The molecule has 0 saturated carbocycles. The number of carboxylic acid groups (broad SMARTS) is 1. The summed E-state index contributed by atoms with van der Waals surface area (Å²) in [7, 11) is 0. The fraction of sp³-hybridized carbons (Fsp3) is 0.214. The average Bonchev–Trinajstić information content (AvgIpc) is 2.54. The maximum absolute atomic E-state index is 13.2. The maximum atomic E-state index is 13.2. The van der Waals surface area contributed by atoms with Gasteiger partial charge in [0.05, 0.1) is 23.2 Å². The summed E-state index contributed by atoms with van der Waals surface area (Å²) in [5.74, 6) is -1.20. The van der Waals surface area contributed by atoms with E-state index in [-0.39, 0.29) is 20.9 Å². The van der Waals surface area contributed by atoms with Crippen molar-refractivity contribution in [3.63, 3.8) is 0 Å². The van der Waals surface area contributed by atoms with E-state index < -0.39 is 36.8 Å². The predicted molar refractivity (Wildman–Crippen MR) is 89.2 cm³/mol. The highest BCUT2D eigenvalue weighted by molar-refractivity contribution is 6.42. The lowest BCUT2D eigenvalue weighted by molar-refractivity contribution is -0.137. The van der Waals surface area contributed by atoms with E-state index in [0.717, 1.165) is 0 Å². The normalized spacial score (nSPS) is 11.3. The SMILES string of the molecule is O=C(O)N(CCO)c1nc(Nc2ccc(Cl)c(Cl)c2)ncc1C(F)(F)F. The number of alkyl halides is 3. The molecule has 2 rings (SSSR count). The van der Waals surface area contributed by atoms with Gasteiger partial charge in [0.1, 0.15) is 5.56 Å². The largest absolute Gasteiger partial charge is 0.465 e. The van der Waals surface area contributed by atoms with E-state index in [2.05, 4.69) is 15.3 Å². The fourth-order valence-corrected chi connectivity index (χ4v) is 2.23. The number of hydrogen-bond donors (Lipinski definition) is 3. The molecule has 1 aromatic carbocycles. The van der Waals surface area contributed by atoms with Crippen LogP contribution in [0.25, 0.3) is 0 Å². The van der Waals surface area contributed by atoms with Gasteiger partial charge in [-0.3, -0.25) is 4.90 Å². The molecule has 0 aliphatic rings. The number of carbonyl (C=O) groups is 1. The summed E-state index contributed by atoms with van der Waals surface area (Å²) in [6.45, 7) is -1.29. The molecular formula is C14H11Cl2F3N4O3. The Morgan fingerprint density at radius 1 is 1.27 bits per heavy atom. The lowest BCUT2D eigenvalue weighted by atomic mass is 10.2. The van der Waals surface area contributed by atoms with Crippen molar-refractivity contribution in [2.75, 3.05) is 23.4 Å². The number of nitrogens with one attached hydrogen (secondary N) is 1. The molecule has 12 heteroatoms. The third kappa shape index (κ3) is 4.65. The van der Waals surface area contributed by atoms with E-state index >= 15 is 0 Å². The van der Waals surface area contributed by atoms with Crippen molar-refractivity contribution in [1.29, 1.82) is 0 Å². The van der Waals surface area contributed by atoms with E-state index in [1.54, 1.807) is 0 Å². The molecule has 3 N–H and O–H groups in total. The standard InChI is InChI=1S/C14H11Cl2F3N4O3/c15-9-2-1-7(5-10(9)16)21-12-20-6-8(14(17,18)19)11(22-12)23(3-4-24)13(25)26/h1-2,5-6,24H,3-4H2,(H,25,26)(H,20,21,22). The number of hydrogen-bond acceptors (Lipinski definition) is 5. The van der Waals surface area contributed by atoms with Gasteiger partial charge in [0.15, 0.2) is 5.82 Å². The van der Waals surface area contributed by atoms with Gasteiger partial charge in [0.2, 0.25) is 5.95 Å². The second-order valence-electron chi connectivity index (χ2n) is 4.84. The van der Waals surface area contributed by atoms with Crippen LogP contribution in [0, 0.1) is 0 Å². The lowest BCUT2D eigenvalue weighted by Crippen LogP contribution is -2.35. The quantitative estimate of drug-likeness (QED) is 0.688. The highest BCUT2D eigenvalue weighted by Crippen LogP contribution is 2.36. The van der Waals surface area contributed by atoms with E-state index in [4.69, 9.17) is 33.4 Å². The van der Waals surface area contributed by atoms with Gasteiger partial charge < -0.3 is 15.5 Å². The fourth-order valence-electron chi connectivity index (χ4n) is 1.93. The van der Waals surface area contributed by atoms with Crippen molar-refractivity contribution in [1.82, 2.24) is 9.97 Å². The average molecular weight is 411 g/mol. The Morgan fingerprint density at radius 2 is 1.96 bits per heavy atom. The molecule has 26 heavy (non-hydrogen) atoms. The number of anilines is 3. The molecule has 0 bridgehead atoms. The molecule has 1 amide bonds. The molecule has 2 aromatic rings. The maximum Gasteiger partial charge on any atom is 0.421 e. The number of aliphatic hydroxyl groups excluding tert-OH is 1. The first kappa shape index (κ1) is 20.0. The lowest BCUT2D eigenvalue weighted by Gasteiger charge is -2.21. The topological polar surface area (TPSA) is 98.6 Å². The first-order valence-electron chi connectivity index (χ1n) is 6.91. The van der Waals surface area contributed by atoms with Crippen LogP contribution in [-0.2, 0) is 6.18 Å². The molecule has 0 atom stereocenters. The molecular weight excluding hydrogens is 400 g/mol. The second-order valence-corrected chi connectivity index (χ2v) is 5.65. The predicted octanol–water partition coefficient (Wildman–Crippen LogP) is 4.02. The summed E-state index contributed by atoms with van der Waals surface area (Å²) in [5, 5.41) is 21.1. The smallest absolute Gasteiger partial charge is 0.421 e. The Bertz CT molecular complexity index is 821. The Hall–Kier alpha value is -2.30. The van der Waals surface area contributed by atoms with E-state index in [0.29, 0.717) is 11.9 Å². The summed E-state index contributed by atoms with van der Waals surface area (Å²) in [6.07, 6.45) is -6.14. The summed E-state index contributed by atoms with van der Waals surface area (Å²) >= 11 is 11.6. The second kappa shape index (κ2) is 7.94. The van der Waals surface area contributed by atoms with Crippen molar-refractivity contribution < 1.29 is 28.2 Å². The Morgan fingerprint density at radius 3 is 2.50 bits per heavy atom. The summed E-state index contributed by atoms with van der Waals surface area (Å²) in [6, 6.07) is 4.33. The summed E-state index contributed by atoms with van der Waals surface area (Å²) < 4.78 is 39.5. The van der Waals surface area contributed by atoms with Gasteiger partial charge in [-0.25, -0.2) is 9.78 Å². The third-order valence-corrected chi connectivity index (χ3v) is 3.80. The molecule has 0 fully saturated rings. The zero-order chi connectivity index (χ0) is 19.5. The number of benzene rings is 1. The Balaban J connectivity index is 2.47. The van der Waals surface area contributed by atoms with E-state index in [9.17, 15) is 18.0 Å². The van der Waals surface area contributed by atoms with Gasteiger partial charge in [-0.05, 0) is 18.2 Å². The van der Waals surface area contributed by atoms with Crippen LogP contribution in [0.2, 0.25) is 10.0 Å². The van der Waals surface area contributed by atoms with E-state index in [1.165, 1.54) is 18.2 Å². The van der Waals surface area contributed by atoms with Gasteiger partial charge in [0.25, 0.3) is 0 Å². The Kier molecular flexibility index (Phi) is 6.11. The number of aliphatic hydroxyl groups is 1. The molecule has 0 saturated heterocycles. The molecule has 1 aromatic heterocycles. The van der Waals surface area contributed by atoms with Gasteiger partial charge in [0, 0.05) is 11.9 Å². The van der Waals surface area contributed by atoms with Gasteiger partial charge >= 0.3 is 12.3 Å². The zero-order valence-corrected chi connectivity index (χ0v) is 14.3. The van der Waals surface area contributed by atoms with Crippen LogP contribution >= 0.6 is 23.2 Å². The highest BCUT2D eigenvalue weighted by Gasteiger charge is 2.38. The minimum absolute atomic E-state index is 0.191. The van der Waals surface area contributed by atoms with Crippen LogP contribution in [0.4, 0.5) is 35.4 Å². The molecule has 0 unspecified atom stereocenters. The van der Waals surface area contributed by atoms with Gasteiger partial charge in [-0.2, -0.15) is 18.2 Å². The monoisotopic (exact) mass is 410 g/mol. The van der Waals surface area contributed by atoms with Crippen LogP contribution in [0.1, 0.15) is 5.56 Å². The highest BCUT2D eigenvalue weighted by atomic mass is 35.5. The minimum Gasteiger partial charge on any atom is -0.465 e. The van der Waals surface area contributed by atoms with Crippen molar-refractivity contribution in [2.45, 2.75) is 6.18 Å². The molecule has 0 radical (unpaired) electrons. The minimum atomic E-state index is -4.89. The molecule has 7 nitrogen and oxygen atoms in total. The Labute approximate surface area is 155 Å². The van der Waals surface area contributed by atoms with Crippen molar-refractivity contribution in [3.8, 4) is 0 Å². The molecule has 0 aliphatic carbocycles. The number of rotatable bonds is 5. The number of nitrogens with zero attached hydrogens (tertiary/aromatic N) is 3. The molecule has 0 spiro atoms. The molecule has 0 aliphatic heterocycles. The number of aromatic nitrogens is 2. The first-order valence-corrected chi connectivity index (χ1v) is 7.66.